The Kier molecular flexibility index (Phi) is 4.86. The molecule has 0 bridgehead atoms. The number of benzene rings is 2. The Hall–Kier alpha value is -2.33. The Balaban J connectivity index is 2.02. The van der Waals surface area contributed by atoms with E-state index in [-0.39, 0.29) is 5.69 Å². The summed E-state index contributed by atoms with van der Waals surface area (Å²) in [6.07, 6.45) is 0. The zero-order chi connectivity index (χ0) is 17.1. The van der Waals surface area contributed by atoms with E-state index in [0.717, 1.165) is 17.1 Å². The van der Waals surface area contributed by atoms with Crippen molar-refractivity contribution in [2.24, 2.45) is 4.99 Å². The number of nitriles is 1. The maximum Gasteiger partial charge on any atom is 0.337 e. The highest BCUT2D eigenvalue weighted by Crippen LogP contribution is 2.26. The molecule has 1 heterocycles. The highest BCUT2D eigenvalue weighted by molar-refractivity contribution is 7.02. The van der Waals surface area contributed by atoms with Crippen LogP contribution in [0.5, 0.6) is 0 Å². The van der Waals surface area contributed by atoms with E-state index in [1.807, 2.05) is 6.07 Å². The Labute approximate surface area is 151 Å². The maximum atomic E-state index is 12.1. The summed E-state index contributed by atoms with van der Waals surface area (Å²) in [6.45, 7) is 0.314. The lowest BCUT2D eigenvalue weighted by Crippen LogP contribution is -2.27. The molecule has 0 radical (unpaired) electrons. The van der Waals surface area contributed by atoms with Gasteiger partial charge in [0.15, 0.2) is 0 Å². The maximum absolute atomic E-state index is 12.1. The number of halogens is 2. The zero-order valence-electron chi connectivity index (χ0n) is 12.2. The first-order chi connectivity index (χ1) is 11.6. The molecule has 0 spiro atoms. The molecule has 0 fully saturated rings. The lowest BCUT2D eigenvalue weighted by molar-refractivity contribution is 0.727. The van der Waals surface area contributed by atoms with E-state index < -0.39 is 0 Å². The molecule has 3 aromatic rings. The second kappa shape index (κ2) is 7.05. The number of hydrogen-bond donors (Lipinski definition) is 1. The lowest BCUT2D eigenvalue weighted by atomic mass is 10.1. The summed E-state index contributed by atoms with van der Waals surface area (Å²) in [6, 6.07) is 14.2. The normalized spacial score (nSPS) is 11.5. The number of H-pyrrole nitrogens is 1. The fourth-order valence-electron chi connectivity index (χ4n) is 2.10. The summed E-state index contributed by atoms with van der Waals surface area (Å²) in [5.41, 5.74) is 1.72. The van der Waals surface area contributed by atoms with Crippen LogP contribution < -0.4 is 10.5 Å². The first-order valence-electron chi connectivity index (χ1n) is 6.84. The van der Waals surface area contributed by atoms with Gasteiger partial charge in [0.25, 0.3) is 0 Å². The number of hydrogen-bond acceptors (Lipinski definition) is 4. The van der Waals surface area contributed by atoms with Crippen LogP contribution in [0.15, 0.2) is 52.3 Å². The number of nitrogens with zero attached hydrogens (tertiary/aromatic N) is 3. The van der Waals surface area contributed by atoms with Gasteiger partial charge in [-0.15, -0.1) is 0 Å². The van der Waals surface area contributed by atoms with E-state index in [2.05, 4.69) is 15.4 Å². The van der Waals surface area contributed by atoms with Crippen LogP contribution in [0.4, 0.5) is 5.69 Å². The summed E-state index contributed by atoms with van der Waals surface area (Å²) >= 11 is 13.0. The monoisotopic (exact) mass is 376 g/mol. The topological polar surface area (TPSA) is 73.9 Å². The predicted octanol–water partition coefficient (Wildman–Crippen LogP) is 3.70. The minimum absolute atomic E-state index is 0.263. The summed E-state index contributed by atoms with van der Waals surface area (Å²) in [4.78, 5) is 17.0. The van der Waals surface area contributed by atoms with E-state index in [1.165, 1.54) is 4.57 Å². The molecule has 0 saturated heterocycles. The van der Waals surface area contributed by atoms with E-state index >= 15 is 0 Å². The molecule has 0 aliphatic carbocycles. The fraction of sp³-hybridized carbons (Fsp3) is 0.0625. The van der Waals surface area contributed by atoms with Crippen LogP contribution in [0.1, 0.15) is 11.1 Å². The van der Waals surface area contributed by atoms with Crippen LogP contribution in [0.25, 0.3) is 0 Å². The molecule has 8 heteroatoms. The molecule has 2 aromatic carbocycles. The van der Waals surface area contributed by atoms with Crippen LogP contribution >= 0.6 is 34.7 Å². The molecule has 1 aromatic heterocycles. The van der Waals surface area contributed by atoms with Crippen molar-refractivity contribution in [3.8, 4) is 6.07 Å². The van der Waals surface area contributed by atoms with Crippen LogP contribution in [0.3, 0.4) is 0 Å². The molecule has 0 amide bonds. The van der Waals surface area contributed by atoms with Gasteiger partial charge in [0.2, 0.25) is 4.80 Å². The molecular weight excluding hydrogens is 367 g/mol. The van der Waals surface area contributed by atoms with E-state index in [4.69, 9.17) is 28.5 Å². The van der Waals surface area contributed by atoms with Gasteiger partial charge in [0, 0.05) is 0 Å². The highest BCUT2D eigenvalue weighted by atomic mass is 35.5. The number of aromatic nitrogens is 2. The predicted molar refractivity (Wildman–Crippen MR) is 94.9 cm³/mol. The fourth-order valence-corrected chi connectivity index (χ4v) is 3.09. The average Bonchev–Trinajstić information content (AvgIpc) is 2.91. The summed E-state index contributed by atoms with van der Waals surface area (Å²) in [5, 5.41) is 9.82. The SMILES string of the molecule is N#Cc1cccc(Cn2c(=O)[nH]s/c2=N\c2ccc(Cl)c(Cl)c2)c1. The molecule has 0 atom stereocenters. The van der Waals surface area contributed by atoms with Crippen LogP contribution in [0, 0.1) is 11.3 Å². The molecular formula is C16H10Cl2N4OS. The lowest BCUT2D eigenvalue weighted by Gasteiger charge is -2.02. The number of aromatic amines is 1. The van der Waals surface area contributed by atoms with Crippen LogP contribution in [-0.2, 0) is 6.54 Å². The van der Waals surface area contributed by atoms with E-state index in [9.17, 15) is 4.79 Å². The van der Waals surface area contributed by atoms with E-state index in [0.29, 0.717) is 32.6 Å². The number of nitrogens with one attached hydrogen (secondary N) is 1. The first-order valence-corrected chi connectivity index (χ1v) is 8.41. The van der Waals surface area contributed by atoms with Gasteiger partial charge in [-0.25, -0.2) is 9.79 Å². The highest BCUT2D eigenvalue weighted by Gasteiger charge is 2.05. The van der Waals surface area contributed by atoms with Crippen molar-refractivity contribution in [2.45, 2.75) is 6.54 Å². The molecule has 0 saturated carbocycles. The Bertz CT molecular complexity index is 1060. The van der Waals surface area contributed by atoms with Crippen LogP contribution in [0.2, 0.25) is 10.0 Å². The van der Waals surface area contributed by atoms with Gasteiger partial charge in [-0.1, -0.05) is 35.3 Å². The van der Waals surface area contributed by atoms with E-state index in [1.54, 1.807) is 36.4 Å². The van der Waals surface area contributed by atoms with Crippen molar-refractivity contribution in [3.63, 3.8) is 0 Å². The average molecular weight is 377 g/mol. The number of rotatable bonds is 3. The van der Waals surface area contributed by atoms with Gasteiger partial charge in [-0.3, -0.25) is 8.94 Å². The molecule has 1 N–H and O–H groups in total. The zero-order valence-corrected chi connectivity index (χ0v) is 14.5. The van der Waals surface area contributed by atoms with Gasteiger partial charge in [0.05, 0.1) is 33.9 Å². The second-order valence-electron chi connectivity index (χ2n) is 4.90. The first kappa shape index (κ1) is 16.5. The third-order valence-electron chi connectivity index (χ3n) is 3.23. The van der Waals surface area contributed by atoms with Gasteiger partial charge < -0.3 is 0 Å². The quantitative estimate of drug-likeness (QED) is 0.756. The minimum Gasteiger partial charge on any atom is -0.263 e. The van der Waals surface area contributed by atoms with Crippen molar-refractivity contribution in [1.82, 2.24) is 8.94 Å². The van der Waals surface area contributed by atoms with Crippen molar-refractivity contribution in [2.75, 3.05) is 0 Å². The smallest absolute Gasteiger partial charge is 0.263 e. The second-order valence-corrected chi connectivity index (χ2v) is 6.49. The summed E-state index contributed by atoms with van der Waals surface area (Å²) in [7, 11) is 0. The molecule has 120 valence electrons. The Morgan fingerprint density at radius 3 is 2.79 bits per heavy atom. The molecule has 5 nitrogen and oxygen atoms in total. The third kappa shape index (κ3) is 3.60. The van der Waals surface area contributed by atoms with Gasteiger partial charge >= 0.3 is 5.69 Å². The van der Waals surface area contributed by atoms with Crippen molar-refractivity contribution >= 4 is 40.4 Å². The largest absolute Gasteiger partial charge is 0.337 e. The third-order valence-corrected chi connectivity index (χ3v) is 4.74. The van der Waals surface area contributed by atoms with Crippen molar-refractivity contribution < 1.29 is 0 Å². The van der Waals surface area contributed by atoms with Gasteiger partial charge in [0.1, 0.15) is 0 Å². The Morgan fingerprint density at radius 2 is 2.04 bits per heavy atom. The molecule has 0 aliphatic rings. The molecule has 0 aliphatic heterocycles. The molecule has 3 rings (SSSR count). The van der Waals surface area contributed by atoms with Crippen molar-refractivity contribution in [3.05, 3.63) is 78.9 Å². The standard InChI is InChI=1S/C16H10Cl2N4OS/c17-13-5-4-12(7-14(13)18)20-16-22(15(23)21-24-16)9-11-3-1-2-10(6-11)8-19/h1-7H,9H2,(H,21,23)/b20-16-. The molecule has 0 unspecified atom stereocenters. The van der Waals surface area contributed by atoms with Gasteiger partial charge in [-0.2, -0.15) is 5.26 Å². The summed E-state index contributed by atoms with van der Waals surface area (Å²) < 4.78 is 4.17. The Morgan fingerprint density at radius 1 is 1.21 bits per heavy atom. The van der Waals surface area contributed by atoms with Gasteiger partial charge in [-0.05, 0) is 47.4 Å². The minimum atomic E-state index is -0.263. The van der Waals surface area contributed by atoms with Crippen LogP contribution in [-0.4, -0.2) is 8.94 Å². The van der Waals surface area contributed by atoms with Crippen molar-refractivity contribution in [1.29, 1.82) is 5.26 Å². The summed E-state index contributed by atoms with van der Waals surface area (Å²) in [5.74, 6) is 0. The molecule has 24 heavy (non-hydrogen) atoms.